The van der Waals surface area contributed by atoms with Crippen molar-refractivity contribution in [1.29, 1.82) is 0 Å². The molecule has 6 heteroatoms. The van der Waals surface area contributed by atoms with Gasteiger partial charge in [0.25, 0.3) is 0 Å². The van der Waals surface area contributed by atoms with Crippen LogP contribution in [0.2, 0.25) is 0 Å². The molecule has 0 N–H and O–H groups in total. The molecule has 0 aliphatic heterocycles. The third kappa shape index (κ3) is 4.97. The number of carbonyl (C=O) groups excluding carboxylic acids is 1. The normalized spacial score (nSPS) is 10.1. The molecule has 0 amide bonds. The van der Waals surface area contributed by atoms with Gasteiger partial charge in [0.2, 0.25) is 0 Å². The molecule has 3 rings (SSSR count). The minimum absolute atomic E-state index is 0. The van der Waals surface area contributed by atoms with Crippen molar-refractivity contribution in [1.82, 2.24) is 4.98 Å². The van der Waals surface area contributed by atoms with Gasteiger partial charge in [-0.3, -0.25) is 4.98 Å². The van der Waals surface area contributed by atoms with Crippen molar-refractivity contribution >= 4 is 5.97 Å². The van der Waals surface area contributed by atoms with Crippen molar-refractivity contribution in [3.05, 3.63) is 83.4 Å². The van der Waals surface area contributed by atoms with Crippen molar-refractivity contribution in [3.8, 4) is 16.9 Å². The predicted octanol–water partition coefficient (Wildman–Crippen LogP) is 0.245. The molecule has 0 spiro atoms. The summed E-state index contributed by atoms with van der Waals surface area (Å²) in [5.74, 6) is -0.979. The summed E-state index contributed by atoms with van der Waals surface area (Å²) in [4.78, 5) is 15.1. The van der Waals surface area contributed by atoms with Crippen molar-refractivity contribution in [2.45, 2.75) is 13.3 Å². The van der Waals surface area contributed by atoms with Gasteiger partial charge in [-0.2, -0.15) is 0 Å². The predicted molar refractivity (Wildman–Crippen MR) is 94.4 cm³/mol. The van der Waals surface area contributed by atoms with Gasteiger partial charge in [-0.1, -0.05) is 24.3 Å². The van der Waals surface area contributed by atoms with E-state index in [9.17, 15) is 14.3 Å². The summed E-state index contributed by atoms with van der Waals surface area (Å²) in [5, 5.41) is 11.2. The van der Waals surface area contributed by atoms with E-state index in [0.717, 1.165) is 16.9 Å². The van der Waals surface area contributed by atoms with E-state index in [1.165, 1.54) is 24.5 Å². The summed E-state index contributed by atoms with van der Waals surface area (Å²) in [5.41, 5.74) is 2.40. The van der Waals surface area contributed by atoms with E-state index in [-0.39, 0.29) is 30.8 Å². The molecule has 0 fully saturated rings. The molecule has 0 aliphatic rings. The van der Waals surface area contributed by atoms with Gasteiger partial charge in [0.1, 0.15) is 11.6 Å². The number of hydrogen-bond acceptors (Lipinski definition) is 4. The number of nitrogens with zero attached hydrogens (tertiary/aromatic N) is 1. The second-order valence-corrected chi connectivity index (χ2v) is 5.76. The summed E-state index contributed by atoms with van der Waals surface area (Å²) in [6.45, 7) is 2.46. The van der Waals surface area contributed by atoms with Crippen molar-refractivity contribution in [2.75, 3.05) is 6.61 Å². The first-order valence-corrected chi connectivity index (χ1v) is 8.24. The summed E-state index contributed by atoms with van der Waals surface area (Å²) >= 11 is 0. The van der Waals surface area contributed by atoms with Crippen LogP contribution in [0.5, 0.6) is 5.75 Å². The zero-order chi connectivity index (χ0) is 18.5. The number of hydrogen-bond donors (Lipinski definition) is 0. The second kappa shape index (κ2) is 9.36. The molecule has 0 unspecified atom stereocenters. The maximum Gasteiger partial charge on any atom is 1.00 e. The molecule has 4 nitrogen and oxygen atoms in total. The van der Waals surface area contributed by atoms with E-state index in [4.69, 9.17) is 4.74 Å². The maximum atomic E-state index is 14.6. The average Bonchev–Trinajstić information content (AvgIpc) is 2.64. The quantitative estimate of drug-likeness (QED) is 0.593. The molecular formula is C21H17FLiNO3. The smallest absolute Gasteiger partial charge is 0.545 e. The molecule has 2 aromatic carbocycles. The molecule has 1 aromatic heterocycles. The van der Waals surface area contributed by atoms with E-state index in [2.05, 4.69) is 4.98 Å². The van der Waals surface area contributed by atoms with Gasteiger partial charge < -0.3 is 14.6 Å². The van der Waals surface area contributed by atoms with Gasteiger partial charge in [-0.25, -0.2) is 4.39 Å². The Balaban J connectivity index is 0.00000261. The Morgan fingerprint density at radius 1 is 1.11 bits per heavy atom. The average molecular weight is 357 g/mol. The van der Waals surface area contributed by atoms with E-state index < -0.39 is 11.8 Å². The topological polar surface area (TPSA) is 62.2 Å². The van der Waals surface area contributed by atoms with Crippen LogP contribution in [0.1, 0.15) is 28.4 Å². The first-order valence-electron chi connectivity index (χ1n) is 8.24. The van der Waals surface area contributed by atoms with Crippen LogP contribution in [-0.4, -0.2) is 17.6 Å². The van der Waals surface area contributed by atoms with E-state index in [1.807, 2.05) is 31.2 Å². The van der Waals surface area contributed by atoms with Gasteiger partial charge in [0.05, 0.1) is 12.6 Å². The van der Waals surface area contributed by atoms with Crippen molar-refractivity contribution < 1.29 is 37.9 Å². The Labute approximate surface area is 169 Å². The van der Waals surface area contributed by atoms with Gasteiger partial charge >= 0.3 is 18.9 Å². The minimum atomic E-state index is -1.30. The van der Waals surface area contributed by atoms with Gasteiger partial charge in [0.15, 0.2) is 0 Å². The molecule has 0 bridgehead atoms. The Bertz CT molecular complexity index is 946. The monoisotopic (exact) mass is 357 g/mol. The minimum Gasteiger partial charge on any atom is -0.545 e. The molecule has 0 saturated carbocycles. The van der Waals surface area contributed by atoms with Crippen LogP contribution >= 0.6 is 0 Å². The molecular weight excluding hydrogens is 340 g/mol. The van der Waals surface area contributed by atoms with Gasteiger partial charge in [-0.05, 0) is 53.4 Å². The Morgan fingerprint density at radius 3 is 2.59 bits per heavy atom. The fraction of sp³-hybridized carbons (Fsp3) is 0.143. The fourth-order valence-electron chi connectivity index (χ4n) is 2.77. The number of halogens is 1. The maximum absolute atomic E-state index is 14.6. The zero-order valence-corrected chi connectivity index (χ0v) is 15.2. The van der Waals surface area contributed by atoms with Crippen LogP contribution < -0.4 is 28.7 Å². The fourth-order valence-corrected chi connectivity index (χ4v) is 2.77. The number of carboxylic acid groups (broad SMARTS) is 1. The first kappa shape index (κ1) is 20.7. The van der Waals surface area contributed by atoms with Gasteiger partial charge in [0, 0.05) is 24.4 Å². The van der Waals surface area contributed by atoms with Crippen LogP contribution in [0.15, 0.2) is 60.9 Å². The summed E-state index contributed by atoms with van der Waals surface area (Å²) in [7, 11) is 0. The molecule has 132 valence electrons. The molecule has 3 aromatic rings. The number of aromatic nitrogens is 1. The van der Waals surface area contributed by atoms with E-state index >= 15 is 0 Å². The Morgan fingerprint density at radius 2 is 1.89 bits per heavy atom. The Hall–Kier alpha value is -2.61. The third-order valence-corrected chi connectivity index (χ3v) is 4.04. The molecule has 0 saturated heterocycles. The van der Waals surface area contributed by atoms with Gasteiger partial charge in [-0.15, -0.1) is 0 Å². The summed E-state index contributed by atoms with van der Waals surface area (Å²) in [6.07, 6.45) is 2.92. The molecule has 27 heavy (non-hydrogen) atoms. The third-order valence-electron chi connectivity index (χ3n) is 4.04. The SMILES string of the molecule is CCOc1cccc(-c2ccc(Cc3cnccc3C(=O)[O-])c(F)c2)c1.[Li+]. The molecule has 0 atom stereocenters. The number of rotatable bonds is 6. The Kier molecular flexibility index (Phi) is 7.17. The van der Waals surface area contributed by atoms with E-state index in [1.54, 1.807) is 12.1 Å². The van der Waals surface area contributed by atoms with Crippen LogP contribution in [0, 0.1) is 5.82 Å². The summed E-state index contributed by atoms with van der Waals surface area (Å²) < 4.78 is 20.1. The van der Waals surface area contributed by atoms with Crippen molar-refractivity contribution in [3.63, 3.8) is 0 Å². The number of carbonyl (C=O) groups is 1. The zero-order valence-electron chi connectivity index (χ0n) is 15.2. The number of pyridine rings is 1. The summed E-state index contributed by atoms with van der Waals surface area (Å²) in [6, 6.07) is 13.7. The number of aromatic carboxylic acids is 1. The van der Waals surface area contributed by atoms with Crippen LogP contribution in [0.3, 0.4) is 0 Å². The molecule has 1 heterocycles. The molecule has 0 radical (unpaired) electrons. The van der Waals surface area contributed by atoms with E-state index in [0.29, 0.717) is 17.7 Å². The van der Waals surface area contributed by atoms with Crippen molar-refractivity contribution in [2.24, 2.45) is 0 Å². The standard InChI is InChI=1S/C21H18FNO3.Li/c1-2-26-18-5-3-4-14(11-18)15-6-7-16(20(22)12-15)10-17-13-23-9-8-19(17)21(24)25;/h3-9,11-13H,2,10H2,1H3,(H,24,25);/q;+1/p-1. The second-order valence-electron chi connectivity index (χ2n) is 5.76. The van der Waals surface area contributed by atoms with Crippen LogP contribution in [0.4, 0.5) is 4.39 Å². The number of carboxylic acids is 1. The van der Waals surface area contributed by atoms with Crippen LogP contribution in [0.25, 0.3) is 11.1 Å². The number of benzene rings is 2. The largest absolute Gasteiger partial charge is 1.00 e. The number of ether oxygens (including phenoxy) is 1. The molecule has 0 aliphatic carbocycles. The van der Waals surface area contributed by atoms with Crippen LogP contribution in [-0.2, 0) is 6.42 Å². The first-order chi connectivity index (χ1) is 12.6.